The van der Waals surface area contributed by atoms with Gasteiger partial charge in [-0.1, -0.05) is 74.5 Å². The lowest BCUT2D eigenvalue weighted by atomic mass is 9.95. The number of aryl methyl sites for hydroxylation is 1. The van der Waals surface area contributed by atoms with Crippen LogP contribution in [0.5, 0.6) is 0 Å². The van der Waals surface area contributed by atoms with Gasteiger partial charge in [-0.3, -0.25) is 14.3 Å². The van der Waals surface area contributed by atoms with Gasteiger partial charge in [0, 0.05) is 23.7 Å². The summed E-state index contributed by atoms with van der Waals surface area (Å²) in [5.74, 6) is 0. The van der Waals surface area contributed by atoms with E-state index in [9.17, 15) is 9.59 Å². The molecule has 0 unspecified atom stereocenters. The Balaban J connectivity index is 1.45. The smallest absolute Gasteiger partial charge is 0.330 e. The highest BCUT2D eigenvalue weighted by molar-refractivity contribution is 6.74. The number of hydrogen-bond donors (Lipinski definition) is 1. The van der Waals surface area contributed by atoms with Crippen LogP contribution in [0.25, 0.3) is 32.8 Å². The standard InChI is InChI=1S/C32H37N5O4Si/c1-20-18-36(31(39)34-30(20)38)29-16-26(28(41-29)19-40-42(5,6)32(2,3)4)37-27(17-33-35-37)25-15-21-11-7-8-12-22(21)23-13-9-10-14-24(23)25/h7-15,17-18,26,28-29H,16,19H2,1-6H3,(H,34,38,39)/t26-,28+,29+/m0/s1. The van der Waals surface area contributed by atoms with Crippen LogP contribution in [0.15, 0.2) is 76.6 Å². The minimum absolute atomic E-state index is 0.0237. The quantitative estimate of drug-likeness (QED) is 0.195. The van der Waals surface area contributed by atoms with Crippen LogP contribution in [0.3, 0.4) is 0 Å². The molecule has 3 heterocycles. The minimum Gasteiger partial charge on any atom is -0.414 e. The SMILES string of the molecule is Cc1cn([C@H]2C[C@H](n3nncc3-c3cc4ccccc4c4ccccc34)[C@@H](CO[Si](C)(C)C(C)(C)C)O2)c(=O)[nH]c1=O. The third kappa shape index (κ3) is 4.93. The van der Waals surface area contributed by atoms with Gasteiger partial charge in [0.25, 0.3) is 5.56 Å². The molecule has 0 spiro atoms. The number of fused-ring (bicyclic) bond motifs is 3. The zero-order valence-corrected chi connectivity index (χ0v) is 25.9. The molecule has 0 saturated carbocycles. The van der Waals surface area contributed by atoms with Gasteiger partial charge in [0.15, 0.2) is 8.32 Å². The largest absolute Gasteiger partial charge is 0.414 e. The van der Waals surface area contributed by atoms with Gasteiger partial charge in [-0.05, 0) is 52.7 Å². The first-order valence-electron chi connectivity index (χ1n) is 14.4. The molecular formula is C32H37N5O4Si. The molecule has 0 aliphatic carbocycles. The summed E-state index contributed by atoms with van der Waals surface area (Å²) in [6, 6.07) is 18.7. The number of nitrogens with one attached hydrogen (secondary N) is 1. The molecule has 0 amide bonds. The number of nitrogens with zero attached hydrogens (tertiary/aromatic N) is 4. The number of aromatic amines is 1. The van der Waals surface area contributed by atoms with Crippen molar-refractivity contribution in [3.63, 3.8) is 0 Å². The number of H-pyrrole nitrogens is 1. The van der Waals surface area contributed by atoms with E-state index in [0.717, 1.165) is 27.4 Å². The summed E-state index contributed by atoms with van der Waals surface area (Å²) in [5.41, 5.74) is 1.44. The van der Waals surface area contributed by atoms with Crippen molar-refractivity contribution in [2.75, 3.05) is 6.61 Å². The van der Waals surface area contributed by atoms with Gasteiger partial charge in [-0.25, -0.2) is 9.48 Å². The van der Waals surface area contributed by atoms with E-state index in [1.807, 2.05) is 16.8 Å². The second-order valence-corrected chi connectivity index (χ2v) is 17.5. The lowest BCUT2D eigenvalue weighted by Crippen LogP contribution is -2.43. The van der Waals surface area contributed by atoms with Crippen molar-refractivity contribution in [1.82, 2.24) is 24.5 Å². The van der Waals surface area contributed by atoms with E-state index in [2.05, 4.69) is 91.6 Å². The Labute approximate surface area is 245 Å². The number of aromatic nitrogens is 5. The van der Waals surface area contributed by atoms with Crippen molar-refractivity contribution in [3.05, 3.63) is 93.4 Å². The second-order valence-electron chi connectivity index (χ2n) is 12.7. The molecule has 3 atom stereocenters. The van der Waals surface area contributed by atoms with E-state index in [1.165, 1.54) is 9.95 Å². The van der Waals surface area contributed by atoms with E-state index >= 15 is 0 Å². The molecule has 0 radical (unpaired) electrons. The lowest BCUT2D eigenvalue weighted by Gasteiger charge is -2.37. The molecule has 1 fully saturated rings. The van der Waals surface area contributed by atoms with Gasteiger partial charge in [0.1, 0.15) is 12.3 Å². The molecule has 218 valence electrons. The average Bonchev–Trinajstić information content (AvgIpc) is 3.60. The highest BCUT2D eigenvalue weighted by Crippen LogP contribution is 2.42. The van der Waals surface area contributed by atoms with Crippen LogP contribution in [0.1, 0.15) is 45.0 Å². The number of hydrogen-bond acceptors (Lipinski definition) is 6. The summed E-state index contributed by atoms with van der Waals surface area (Å²) in [4.78, 5) is 27.4. The molecule has 5 aromatic rings. The monoisotopic (exact) mass is 583 g/mol. The Morgan fingerprint density at radius 2 is 1.74 bits per heavy atom. The van der Waals surface area contributed by atoms with Crippen LogP contribution in [0.4, 0.5) is 0 Å². The van der Waals surface area contributed by atoms with Gasteiger partial charge < -0.3 is 9.16 Å². The van der Waals surface area contributed by atoms with Gasteiger partial charge in [0.2, 0.25) is 0 Å². The highest BCUT2D eigenvalue weighted by atomic mass is 28.4. The number of ether oxygens (including phenoxy) is 1. The van der Waals surface area contributed by atoms with Crippen molar-refractivity contribution in [1.29, 1.82) is 0 Å². The zero-order valence-electron chi connectivity index (χ0n) is 24.9. The molecule has 6 rings (SSSR count). The second kappa shape index (κ2) is 10.4. The first kappa shape index (κ1) is 28.3. The molecule has 1 aliphatic heterocycles. The van der Waals surface area contributed by atoms with Gasteiger partial charge >= 0.3 is 5.69 Å². The predicted octanol–water partition coefficient (Wildman–Crippen LogP) is 5.96. The minimum atomic E-state index is -2.10. The van der Waals surface area contributed by atoms with Crippen molar-refractivity contribution in [2.45, 2.75) is 70.6 Å². The fourth-order valence-corrected chi connectivity index (χ4v) is 6.56. The Bertz CT molecular complexity index is 1900. The van der Waals surface area contributed by atoms with Crippen LogP contribution >= 0.6 is 0 Å². The normalized spacial score (nSPS) is 19.6. The molecule has 1 N–H and O–H groups in total. The zero-order chi connectivity index (χ0) is 29.8. The van der Waals surface area contributed by atoms with Crippen molar-refractivity contribution in [2.24, 2.45) is 0 Å². The van der Waals surface area contributed by atoms with Crippen LogP contribution in [-0.2, 0) is 9.16 Å². The Morgan fingerprint density at radius 1 is 1.05 bits per heavy atom. The van der Waals surface area contributed by atoms with Crippen molar-refractivity contribution < 1.29 is 9.16 Å². The Morgan fingerprint density at radius 3 is 2.48 bits per heavy atom. The van der Waals surface area contributed by atoms with Crippen molar-refractivity contribution >= 4 is 29.9 Å². The van der Waals surface area contributed by atoms with E-state index in [1.54, 1.807) is 19.3 Å². The molecule has 42 heavy (non-hydrogen) atoms. The van der Waals surface area contributed by atoms with E-state index in [0.29, 0.717) is 18.6 Å². The maximum Gasteiger partial charge on any atom is 0.330 e. The molecule has 1 saturated heterocycles. The number of benzene rings is 3. The third-order valence-corrected chi connectivity index (χ3v) is 13.5. The van der Waals surface area contributed by atoms with Crippen molar-refractivity contribution in [3.8, 4) is 11.3 Å². The van der Waals surface area contributed by atoms with Crippen LogP contribution in [0, 0.1) is 6.92 Å². The van der Waals surface area contributed by atoms with E-state index in [4.69, 9.17) is 9.16 Å². The molecule has 0 bridgehead atoms. The maximum atomic E-state index is 12.9. The molecule has 9 nitrogen and oxygen atoms in total. The molecule has 10 heteroatoms. The van der Waals surface area contributed by atoms with E-state index < -0.39 is 31.9 Å². The highest BCUT2D eigenvalue weighted by Gasteiger charge is 2.43. The van der Waals surface area contributed by atoms with E-state index in [-0.39, 0.29) is 11.1 Å². The van der Waals surface area contributed by atoms with Gasteiger partial charge in [0.05, 0.1) is 24.5 Å². The average molecular weight is 584 g/mol. The predicted molar refractivity (Wildman–Crippen MR) is 167 cm³/mol. The lowest BCUT2D eigenvalue weighted by molar-refractivity contribution is -0.0296. The molecule has 1 aliphatic rings. The Kier molecular flexibility index (Phi) is 7.03. The summed E-state index contributed by atoms with van der Waals surface area (Å²) < 4.78 is 16.6. The molecular weight excluding hydrogens is 546 g/mol. The van der Waals surface area contributed by atoms with Gasteiger partial charge in [-0.2, -0.15) is 0 Å². The first-order chi connectivity index (χ1) is 19.9. The molecule has 2 aromatic heterocycles. The third-order valence-electron chi connectivity index (χ3n) is 9.01. The summed E-state index contributed by atoms with van der Waals surface area (Å²) in [7, 11) is -2.10. The van der Waals surface area contributed by atoms with Crippen LogP contribution < -0.4 is 11.2 Å². The fourth-order valence-electron chi connectivity index (χ4n) is 5.55. The fraction of sp³-hybridized carbons (Fsp3) is 0.375. The summed E-state index contributed by atoms with van der Waals surface area (Å²) in [5, 5.41) is 13.6. The maximum absolute atomic E-state index is 12.9. The summed E-state index contributed by atoms with van der Waals surface area (Å²) in [6.45, 7) is 13.1. The van der Waals surface area contributed by atoms with Gasteiger partial charge in [-0.15, -0.1) is 5.10 Å². The first-order valence-corrected chi connectivity index (χ1v) is 17.3. The van der Waals surface area contributed by atoms with Crippen LogP contribution in [0.2, 0.25) is 18.1 Å². The number of rotatable bonds is 6. The summed E-state index contributed by atoms with van der Waals surface area (Å²) in [6.07, 6.45) is 2.83. The topological polar surface area (TPSA) is 104 Å². The van der Waals surface area contributed by atoms with Crippen LogP contribution in [-0.4, -0.2) is 45.6 Å². The Hall–Kier alpha value is -3.86. The molecule has 3 aromatic carbocycles. The summed E-state index contributed by atoms with van der Waals surface area (Å²) >= 11 is 0.